The maximum Gasteiger partial charge on any atom is 0.191 e. The van der Waals surface area contributed by atoms with Crippen LogP contribution in [0.15, 0.2) is 54.6 Å². The predicted octanol–water partition coefficient (Wildman–Crippen LogP) is 12.6. The van der Waals surface area contributed by atoms with Crippen molar-refractivity contribution in [3.05, 3.63) is 76.9 Å². The second kappa shape index (κ2) is 21.5. The van der Waals surface area contributed by atoms with Crippen molar-refractivity contribution in [3.63, 3.8) is 0 Å². The maximum atomic E-state index is 9.92. The summed E-state index contributed by atoms with van der Waals surface area (Å²) in [4.78, 5) is 0. The second-order valence-corrected chi connectivity index (χ2v) is 28.4. The largest absolute Gasteiger partial charge is 0.493 e. The smallest absolute Gasteiger partial charge is 0.191 e. The minimum Gasteiger partial charge on any atom is -0.493 e. The Morgan fingerprint density at radius 2 is 1.11 bits per heavy atom. The van der Waals surface area contributed by atoms with Gasteiger partial charge in [0.15, 0.2) is 16.6 Å². The fourth-order valence-corrected chi connectivity index (χ4v) is 8.59. The highest BCUT2D eigenvalue weighted by atomic mass is 28.4. The van der Waals surface area contributed by atoms with E-state index in [0.717, 1.165) is 49.0 Å². The third kappa shape index (κ3) is 14.0. The van der Waals surface area contributed by atoms with Gasteiger partial charge < -0.3 is 23.8 Å². The molecule has 0 saturated carbocycles. The average Bonchev–Trinajstić information content (AvgIpc) is 3.13. The number of hydrogen-bond donors (Lipinski definition) is 2. The molecule has 5 nitrogen and oxygen atoms in total. The maximum absolute atomic E-state index is 9.92. The molecule has 3 aromatic carbocycles. The van der Waals surface area contributed by atoms with E-state index in [1.54, 1.807) is 0 Å². The minimum absolute atomic E-state index is 0.125. The van der Waals surface area contributed by atoms with Gasteiger partial charge in [0.25, 0.3) is 0 Å². The third-order valence-electron chi connectivity index (χ3n) is 12.3. The van der Waals surface area contributed by atoms with Crippen molar-refractivity contribution >= 4 is 16.6 Å². The quantitative estimate of drug-likeness (QED) is 0.0740. The summed E-state index contributed by atoms with van der Waals surface area (Å²) in [5, 5.41) is 20.1. The van der Waals surface area contributed by atoms with Gasteiger partial charge in [-0.3, -0.25) is 0 Å². The molecule has 0 radical (unpaired) electrons. The summed E-state index contributed by atoms with van der Waals surface area (Å²) in [6, 6.07) is 20.6. The summed E-state index contributed by atoms with van der Waals surface area (Å²) in [5.41, 5.74) is 9.86. The Morgan fingerprint density at radius 3 is 1.58 bits per heavy atom. The Kier molecular flexibility index (Phi) is 18.4. The summed E-state index contributed by atoms with van der Waals surface area (Å²) in [5.74, 6) is 1.13. The molecule has 3 aromatic rings. The molecule has 308 valence electrons. The molecule has 0 saturated heterocycles. The first-order valence-electron chi connectivity index (χ1n) is 21.4. The van der Waals surface area contributed by atoms with Crippen LogP contribution in [0.25, 0.3) is 22.3 Å². The van der Waals surface area contributed by atoms with Crippen LogP contribution in [0.3, 0.4) is 0 Å². The van der Waals surface area contributed by atoms with E-state index in [2.05, 4.69) is 136 Å². The topological polar surface area (TPSA) is 68.2 Å². The van der Waals surface area contributed by atoms with Crippen LogP contribution in [0, 0.1) is 5.92 Å². The number of aliphatic hydroxyl groups is 2. The van der Waals surface area contributed by atoms with E-state index in [1.165, 1.54) is 52.6 Å². The molecule has 0 fully saturated rings. The van der Waals surface area contributed by atoms with Crippen LogP contribution < -0.4 is 4.74 Å². The molecular weight excluding hydrogens is 713 g/mol. The Labute approximate surface area is 338 Å². The van der Waals surface area contributed by atoms with E-state index >= 15 is 0 Å². The van der Waals surface area contributed by atoms with Crippen molar-refractivity contribution in [3.8, 4) is 28.0 Å². The second-order valence-electron chi connectivity index (χ2n) is 18.8. The lowest BCUT2D eigenvalue weighted by molar-refractivity contribution is 0.135. The van der Waals surface area contributed by atoms with Gasteiger partial charge in [0.05, 0.1) is 6.61 Å². The van der Waals surface area contributed by atoms with Crippen molar-refractivity contribution in [1.82, 2.24) is 0 Å². The van der Waals surface area contributed by atoms with Gasteiger partial charge in [0.1, 0.15) is 5.75 Å². The van der Waals surface area contributed by atoms with Crippen molar-refractivity contribution in [2.45, 2.75) is 156 Å². The first kappa shape index (κ1) is 47.1. The van der Waals surface area contributed by atoms with E-state index in [0.29, 0.717) is 32.7 Å². The summed E-state index contributed by atoms with van der Waals surface area (Å²) >= 11 is 0. The number of ether oxygens (including phenoxy) is 1. The average molecular weight is 791 g/mol. The number of rotatable bonds is 23. The molecule has 55 heavy (non-hydrogen) atoms. The lowest BCUT2D eigenvalue weighted by Gasteiger charge is -2.39. The van der Waals surface area contributed by atoms with E-state index in [4.69, 9.17) is 13.6 Å². The van der Waals surface area contributed by atoms with E-state index < -0.39 is 16.6 Å². The van der Waals surface area contributed by atoms with Gasteiger partial charge in [-0.1, -0.05) is 111 Å². The first-order valence-corrected chi connectivity index (χ1v) is 27.2. The van der Waals surface area contributed by atoms with Gasteiger partial charge in [-0.15, -0.1) is 0 Å². The molecule has 0 spiro atoms. The monoisotopic (exact) mass is 791 g/mol. The number of aliphatic hydroxyl groups excluding tert-OH is 2. The molecule has 0 heterocycles. The SMILES string of the molecule is CCCCCc1ccc(-c2ccc(-c3cc(CCCO)c(OCCC(CO[Si](C)(C)C(C)(C)C)CO[Si](C)(C)C(C)(C)C)c(CCCO)c3)c(CC)c2)cc1. The molecule has 0 aromatic heterocycles. The number of benzene rings is 3. The van der Waals surface area contributed by atoms with Gasteiger partial charge in [0, 0.05) is 32.3 Å². The van der Waals surface area contributed by atoms with Gasteiger partial charge in [-0.2, -0.15) is 0 Å². The Morgan fingerprint density at radius 1 is 0.600 bits per heavy atom. The standard InChI is InChI=1S/C48H78O5Si2/c1-13-15-16-19-37-22-24-40(25-23-37)41-26-27-45(39(14-2)32-41)44-33-42(20-17-29-49)46(43(34-44)21-18-30-50)51-31-28-38(35-52-54(9,10)47(3,4)5)36-53-55(11,12)48(6,7)8/h22-27,32-34,38,49-50H,13-21,28-31,35-36H2,1-12H3. The number of aryl methyl sites for hydroxylation is 4. The molecule has 0 aliphatic carbocycles. The fourth-order valence-electron chi connectivity index (χ4n) is 6.42. The van der Waals surface area contributed by atoms with Crippen molar-refractivity contribution in [2.75, 3.05) is 33.0 Å². The molecule has 2 N–H and O–H groups in total. The van der Waals surface area contributed by atoms with Crippen LogP contribution in [0.5, 0.6) is 5.75 Å². The summed E-state index contributed by atoms with van der Waals surface area (Å²) < 4.78 is 20.3. The number of unbranched alkanes of at least 4 members (excludes halogenated alkanes) is 2. The van der Waals surface area contributed by atoms with Crippen molar-refractivity contribution < 1.29 is 23.8 Å². The van der Waals surface area contributed by atoms with Crippen molar-refractivity contribution in [1.29, 1.82) is 0 Å². The van der Waals surface area contributed by atoms with Crippen molar-refractivity contribution in [2.24, 2.45) is 5.92 Å². The first-order chi connectivity index (χ1) is 25.9. The van der Waals surface area contributed by atoms with E-state index in [1.807, 2.05) is 0 Å². The van der Waals surface area contributed by atoms with Crippen LogP contribution in [0.4, 0.5) is 0 Å². The van der Waals surface area contributed by atoms with E-state index in [-0.39, 0.29) is 29.2 Å². The highest BCUT2D eigenvalue weighted by molar-refractivity contribution is 6.74. The lowest BCUT2D eigenvalue weighted by Crippen LogP contribution is -2.44. The van der Waals surface area contributed by atoms with Crippen LogP contribution in [0.1, 0.15) is 116 Å². The zero-order valence-corrected chi connectivity index (χ0v) is 39.0. The molecule has 0 amide bonds. The summed E-state index contributed by atoms with van der Waals surface area (Å²) in [6.07, 6.45) is 9.43. The van der Waals surface area contributed by atoms with Gasteiger partial charge >= 0.3 is 0 Å². The normalized spacial score (nSPS) is 12.9. The highest BCUT2D eigenvalue weighted by Gasteiger charge is 2.39. The zero-order valence-electron chi connectivity index (χ0n) is 37.0. The highest BCUT2D eigenvalue weighted by Crippen LogP contribution is 2.40. The lowest BCUT2D eigenvalue weighted by atomic mass is 9.89. The Balaban J connectivity index is 1.93. The van der Waals surface area contributed by atoms with E-state index in [9.17, 15) is 10.2 Å². The molecule has 0 aliphatic heterocycles. The molecule has 0 aliphatic rings. The van der Waals surface area contributed by atoms with Crippen LogP contribution >= 0.6 is 0 Å². The Bertz CT molecular complexity index is 1520. The zero-order chi connectivity index (χ0) is 40.9. The van der Waals surface area contributed by atoms with Gasteiger partial charge in [0.2, 0.25) is 0 Å². The molecule has 0 bridgehead atoms. The Hall–Kier alpha value is -2.27. The summed E-state index contributed by atoms with van der Waals surface area (Å²) in [7, 11) is -3.88. The molecular formula is C48H78O5Si2. The number of hydrogen-bond acceptors (Lipinski definition) is 5. The third-order valence-corrected chi connectivity index (χ3v) is 21.4. The van der Waals surface area contributed by atoms with Crippen LogP contribution in [-0.2, 0) is 34.5 Å². The summed E-state index contributed by atoms with van der Waals surface area (Å²) in [6.45, 7) is 29.7. The molecule has 0 atom stereocenters. The van der Waals surface area contributed by atoms with Crippen LogP contribution in [0.2, 0.25) is 36.3 Å². The van der Waals surface area contributed by atoms with Crippen LogP contribution in [-0.4, -0.2) is 59.9 Å². The predicted molar refractivity (Wildman–Crippen MR) is 241 cm³/mol. The van der Waals surface area contributed by atoms with Gasteiger partial charge in [-0.05, 0) is 144 Å². The molecule has 0 unspecified atom stereocenters. The fraction of sp³-hybridized carbons (Fsp3) is 0.625. The molecule has 3 rings (SSSR count). The minimum atomic E-state index is -1.94. The molecule has 7 heteroatoms. The van der Waals surface area contributed by atoms with Gasteiger partial charge in [-0.25, -0.2) is 0 Å².